The molecule has 2 rings (SSSR count). The molecule has 0 atom stereocenters. The summed E-state index contributed by atoms with van der Waals surface area (Å²) < 4.78 is 0. The third kappa shape index (κ3) is 2.64. The van der Waals surface area contributed by atoms with E-state index in [1.54, 1.807) is 11.3 Å². The highest BCUT2D eigenvalue weighted by Gasteiger charge is 2.22. The Morgan fingerprint density at radius 1 is 1.06 bits per heavy atom. The minimum atomic E-state index is -0.315. The second-order valence-electron chi connectivity index (χ2n) is 5.13. The first-order valence-electron chi connectivity index (χ1n) is 5.67. The molecule has 2 heteroatoms. The van der Waals surface area contributed by atoms with E-state index in [9.17, 15) is 4.79 Å². The molecule has 1 heterocycles. The third-order valence-electron chi connectivity index (χ3n) is 2.63. The van der Waals surface area contributed by atoms with Crippen molar-refractivity contribution in [3.63, 3.8) is 0 Å². The highest BCUT2D eigenvalue weighted by atomic mass is 32.1. The molecule has 0 spiro atoms. The van der Waals surface area contributed by atoms with Crippen molar-refractivity contribution in [2.45, 2.75) is 20.8 Å². The van der Waals surface area contributed by atoms with Gasteiger partial charge in [-0.3, -0.25) is 4.79 Å². The Labute approximate surface area is 106 Å². The van der Waals surface area contributed by atoms with Crippen LogP contribution in [0.3, 0.4) is 0 Å². The van der Waals surface area contributed by atoms with Gasteiger partial charge >= 0.3 is 0 Å². The molecule has 0 aliphatic carbocycles. The SMILES string of the molecule is CC(C)(C)C(=O)c1ccc(-c2cccs2)cc1. The number of rotatable bonds is 2. The van der Waals surface area contributed by atoms with E-state index in [4.69, 9.17) is 0 Å². The number of hydrogen-bond donors (Lipinski definition) is 0. The lowest BCUT2D eigenvalue weighted by Gasteiger charge is -2.16. The predicted molar refractivity (Wildman–Crippen MR) is 73.5 cm³/mol. The van der Waals surface area contributed by atoms with Crippen LogP contribution in [0.1, 0.15) is 31.1 Å². The van der Waals surface area contributed by atoms with E-state index in [0.29, 0.717) is 0 Å². The van der Waals surface area contributed by atoms with Gasteiger partial charge in [0.15, 0.2) is 5.78 Å². The lowest BCUT2D eigenvalue weighted by Crippen LogP contribution is -2.19. The Morgan fingerprint density at radius 2 is 1.71 bits per heavy atom. The van der Waals surface area contributed by atoms with Gasteiger partial charge in [-0.15, -0.1) is 11.3 Å². The molecule has 0 aliphatic rings. The molecule has 0 unspecified atom stereocenters. The molecule has 0 radical (unpaired) electrons. The van der Waals surface area contributed by atoms with Crippen molar-refractivity contribution < 1.29 is 4.79 Å². The smallest absolute Gasteiger partial charge is 0.168 e. The van der Waals surface area contributed by atoms with Crippen LogP contribution in [0.4, 0.5) is 0 Å². The van der Waals surface area contributed by atoms with E-state index >= 15 is 0 Å². The van der Waals surface area contributed by atoms with E-state index in [2.05, 4.69) is 11.4 Å². The molecular formula is C15H16OS. The van der Waals surface area contributed by atoms with Gasteiger partial charge in [-0.05, 0) is 17.0 Å². The molecule has 1 aromatic heterocycles. The van der Waals surface area contributed by atoms with E-state index in [1.807, 2.05) is 51.1 Å². The molecule has 0 aliphatic heterocycles. The van der Waals surface area contributed by atoms with Crippen molar-refractivity contribution in [3.05, 3.63) is 47.3 Å². The number of Topliss-reactive ketones (excluding diaryl/α,β-unsaturated/α-hetero) is 1. The number of carbonyl (C=O) groups is 1. The number of hydrogen-bond acceptors (Lipinski definition) is 2. The zero-order valence-electron chi connectivity index (χ0n) is 10.4. The summed E-state index contributed by atoms with van der Waals surface area (Å²) in [5, 5.41) is 2.06. The van der Waals surface area contributed by atoms with E-state index < -0.39 is 0 Å². The first-order chi connectivity index (χ1) is 7.98. The number of ketones is 1. The summed E-state index contributed by atoms with van der Waals surface area (Å²) in [6.45, 7) is 5.84. The molecule has 88 valence electrons. The maximum atomic E-state index is 12.1. The lowest BCUT2D eigenvalue weighted by molar-refractivity contribution is 0.0858. The van der Waals surface area contributed by atoms with Gasteiger partial charge < -0.3 is 0 Å². The minimum absolute atomic E-state index is 0.190. The van der Waals surface area contributed by atoms with Crippen LogP contribution in [0.2, 0.25) is 0 Å². The van der Waals surface area contributed by atoms with Gasteiger partial charge in [0.1, 0.15) is 0 Å². The first kappa shape index (κ1) is 12.1. The minimum Gasteiger partial charge on any atom is -0.294 e. The lowest BCUT2D eigenvalue weighted by atomic mass is 9.86. The van der Waals surface area contributed by atoms with Crippen LogP contribution < -0.4 is 0 Å². The third-order valence-corrected chi connectivity index (χ3v) is 3.55. The maximum Gasteiger partial charge on any atom is 0.168 e. The van der Waals surface area contributed by atoms with Crippen LogP contribution in [0.25, 0.3) is 10.4 Å². The molecule has 1 aromatic carbocycles. The van der Waals surface area contributed by atoms with Gasteiger partial charge in [0.2, 0.25) is 0 Å². The van der Waals surface area contributed by atoms with Crippen LogP contribution in [0.15, 0.2) is 41.8 Å². The number of benzene rings is 1. The zero-order chi connectivity index (χ0) is 12.5. The Morgan fingerprint density at radius 3 is 2.18 bits per heavy atom. The fourth-order valence-electron chi connectivity index (χ4n) is 1.66. The summed E-state index contributed by atoms with van der Waals surface area (Å²) >= 11 is 1.71. The summed E-state index contributed by atoms with van der Waals surface area (Å²) in [7, 11) is 0. The second kappa shape index (κ2) is 4.46. The topological polar surface area (TPSA) is 17.1 Å². The Kier molecular flexibility index (Phi) is 3.16. The van der Waals surface area contributed by atoms with Gasteiger partial charge in [0.25, 0.3) is 0 Å². The van der Waals surface area contributed by atoms with Crippen molar-refractivity contribution in [1.82, 2.24) is 0 Å². The van der Waals surface area contributed by atoms with Gasteiger partial charge in [0.05, 0.1) is 0 Å². The Bertz CT molecular complexity index is 501. The molecule has 17 heavy (non-hydrogen) atoms. The summed E-state index contributed by atoms with van der Waals surface area (Å²) in [6, 6.07) is 12.0. The molecule has 0 saturated heterocycles. The first-order valence-corrected chi connectivity index (χ1v) is 6.55. The van der Waals surface area contributed by atoms with Crippen LogP contribution in [0.5, 0.6) is 0 Å². The van der Waals surface area contributed by atoms with E-state index in [-0.39, 0.29) is 11.2 Å². The van der Waals surface area contributed by atoms with Crippen LogP contribution in [-0.2, 0) is 0 Å². The molecule has 0 N–H and O–H groups in total. The average Bonchev–Trinajstić information content (AvgIpc) is 2.80. The molecule has 0 fully saturated rings. The molecule has 0 amide bonds. The second-order valence-corrected chi connectivity index (χ2v) is 6.08. The van der Waals surface area contributed by atoms with Crippen LogP contribution >= 0.6 is 11.3 Å². The normalized spacial score (nSPS) is 11.5. The predicted octanol–water partition coefficient (Wildman–Crippen LogP) is 4.64. The summed E-state index contributed by atoms with van der Waals surface area (Å²) in [4.78, 5) is 13.3. The zero-order valence-corrected chi connectivity index (χ0v) is 11.2. The van der Waals surface area contributed by atoms with Crippen LogP contribution in [-0.4, -0.2) is 5.78 Å². The molecule has 1 nitrogen and oxygen atoms in total. The fourth-order valence-corrected chi connectivity index (χ4v) is 2.39. The van der Waals surface area contributed by atoms with Gasteiger partial charge in [-0.25, -0.2) is 0 Å². The summed E-state index contributed by atoms with van der Waals surface area (Å²) in [6.07, 6.45) is 0. The van der Waals surface area contributed by atoms with Gasteiger partial charge in [-0.2, -0.15) is 0 Å². The quantitative estimate of drug-likeness (QED) is 0.703. The number of thiophene rings is 1. The molecule has 0 saturated carbocycles. The van der Waals surface area contributed by atoms with Crippen molar-refractivity contribution in [2.24, 2.45) is 5.41 Å². The largest absolute Gasteiger partial charge is 0.294 e. The summed E-state index contributed by atoms with van der Waals surface area (Å²) in [5.74, 6) is 0.190. The summed E-state index contributed by atoms with van der Waals surface area (Å²) in [5.41, 5.74) is 1.65. The maximum absolute atomic E-state index is 12.1. The van der Waals surface area contributed by atoms with Crippen molar-refractivity contribution in [3.8, 4) is 10.4 Å². The molecule has 2 aromatic rings. The van der Waals surface area contributed by atoms with Crippen LogP contribution in [0, 0.1) is 5.41 Å². The van der Waals surface area contributed by atoms with E-state index in [1.165, 1.54) is 10.4 Å². The van der Waals surface area contributed by atoms with Gasteiger partial charge in [-0.1, -0.05) is 51.1 Å². The van der Waals surface area contributed by atoms with Crippen molar-refractivity contribution >= 4 is 17.1 Å². The Hall–Kier alpha value is -1.41. The standard InChI is InChI=1S/C15H16OS/c1-15(2,3)14(16)12-8-6-11(7-9-12)13-5-4-10-17-13/h4-10H,1-3H3. The fraction of sp³-hybridized carbons (Fsp3) is 0.267. The monoisotopic (exact) mass is 244 g/mol. The van der Waals surface area contributed by atoms with Gasteiger partial charge in [0, 0.05) is 15.9 Å². The average molecular weight is 244 g/mol. The number of carbonyl (C=O) groups excluding carboxylic acids is 1. The molecule has 0 bridgehead atoms. The Balaban J connectivity index is 2.28. The highest BCUT2D eigenvalue weighted by molar-refractivity contribution is 7.13. The molecular weight excluding hydrogens is 228 g/mol. The van der Waals surface area contributed by atoms with E-state index in [0.717, 1.165) is 5.56 Å². The van der Waals surface area contributed by atoms with Crippen molar-refractivity contribution in [1.29, 1.82) is 0 Å². The highest BCUT2D eigenvalue weighted by Crippen LogP contribution is 2.26. The van der Waals surface area contributed by atoms with Crippen molar-refractivity contribution in [2.75, 3.05) is 0 Å².